The van der Waals surface area contributed by atoms with Crippen molar-refractivity contribution in [3.05, 3.63) is 64.1 Å². The molecule has 0 aromatic heterocycles. The summed E-state index contributed by atoms with van der Waals surface area (Å²) >= 11 is 3.22. The van der Waals surface area contributed by atoms with Gasteiger partial charge in [-0.1, -0.05) is 12.1 Å². The number of hydrogen-bond donors (Lipinski definition) is 0. The van der Waals surface area contributed by atoms with Crippen molar-refractivity contribution < 1.29 is 22.0 Å². The second kappa shape index (κ2) is 7.42. The van der Waals surface area contributed by atoms with E-state index in [0.29, 0.717) is 4.47 Å². The number of halogens is 3. The second-order valence-electron chi connectivity index (χ2n) is 5.75. The van der Waals surface area contributed by atoms with E-state index >= 15 is 0 Å². The number of benzene rings is 2. The minimum absolute atomic E-state index is 0.0370. The molecule has 0 atom stereocenters. The Balaban J connectivity index is 1.74. The number of carbonyl (C=O) groups excluding carboxylic acids is 1. The molecule has 0 aliphatic carbocycles. The predicted molar refractivity (Wildman–Crippen MR) is 95.2 cm³/mol. The van der Waals surface area contributed by atoms with Gasteiger partial charge in [0.25, 0.3) is 5.91 Å². The molecule has 2 aromatic rings. The van der Waals surface area contributed by atoms with E-state index in [1.54, 1.807) is 0 Å². The maximum Gasteiger partial charge on any atom is 0.255 e. The van der Waals surface area contributed by atoms with Crippen LogP contribution in [0, 0.1) is 11.6 Å². The number of piperazine rings is 1. The van der Waals surface area contributed by atoms with Crippen LogP contribution >= 0.6 is 15.9 Å². The molecule has 5 nitrogen and oxygen atoms in total. The van der Waals surface area contributed by atoms with E-state index in [4.69, 9.17) is 0 Å². The number of hydrogen-bond acceptors (Lipinski definition) is 3. The number of carbonyl (C=O) groups is 1. The van der Waals surface area contributed by atoms with Gasteiger partial charge in [-0.2, -0.15) is 4.31 Å². The van der Waals surface area contributed by atoms with Crippen LogP contribution in [-0.4, -0.2) is 49.7 Å². The van der Waals surface area contributed by atoms with Crippen LogP contribution in [0.2, 0.25) is 0 Å². The van der Waals surface area contributed by atoms with E-state index in [-0.39, 0.29) is 42.5 Å². The Morgan fingerprint density at radius 3 is 2.31 bits per heavy atom. The van der Waals surface area contributed by atoms with Crippen molar-refractivity contribution in [2.45, 2.75) is 4.90 Å². The summed E-state index contributed by atoms with van der Waals surface area (Å²) in [6.07, 6.45) is 0. The normalized spacial score (nSPS) is 15.9. The van der Waals surface area contributed by atoms with Gasteiger partial charge in [0.15, 0.2) is 0 Å². The molecule has 1 aliphatic heterocycles. The van der Waals surface area contributed by atoms with E-state index < -0.39 is 21.7 Å². The Bertz CT molecular complexity index is 945. The molecule has 1 saturated heterocycles. The standard InChI is InChI=1S/C17H15BrF2N2O3S/c18-14-6-5-12(19)11-13(14)17(23)21-7-9-22(10-8-21)26(24,25)16-4-2-1-3-15(16)20/h1-6,11H,7-10H2. The van der Waals surface area contributed by atoms with Gasteiger partial charge < -0.3 is 4.90 Å². The minimum Gasteiger partial charge on any atom is -0.336 e. The molecule has 2 aromatic carbocycles. The first kappa shape index (κ1) is 18.9. The first-order chi connectivity index (χ1) is 12.3. The van der Waals surface area contributed by atoms with Gasteiger partial charge in [-0.15, -0.1) is 0 Å². The third-order valence-electron chi connectivity index (χ3n) is 4.14. The number of rotatable bonds is 3. The van der Waals surface area contributed by atoms with Crippen molar-refractivity contribution in [1.82, 2.24) is 9.21 Å². The van der Waals surface area contributed by atoms with Crippen molar-refractivity contribution in [2.75, 3.05) is 26.2 Å². The molecule has 0 unspecified atom stereocenters. The Morgan fingerprint density at radius 1 is 1.00 bits per heavy atom. The second-order valence-corrected chi connectivity index (χ2v) is 8.51. The Kier molecular flexibility index (Phi) is 5.40. The van der Waals surface area contributed by atoms with E-state index in [1.807, 2.05) is 0 Å². The van der Waals surface area contributed by atoms with Crippen LogP contribution in [0.25, 0.3) is 0 Å². The molecular formula is C17H15BrF2N2O3S. The Morgan fingerprint density at radius 2 is 1.65 bits per heavy atom. The SMILES string of the molecule is O=C(c1cc(F)ccc1Br)N1CCN(S(=O)(=O)c2ccccc2F)CC1. The summed E-state index contributed by atoms with van der Waals surface area (Å²) in [5.41, 5.74) is 0.176. The average Bonchev–Trinajstić information content (AvgIpc) is 2.63. The van der Waals surface area contributed by atoms with Crippen molar-refractivity contribution in [3.63, 3.8) is 0 Å². The molecule has 1 amide bonds. The zero-order valence-corrected chi connectivity index (χ0v) is 15.9. The lowest BCUT2D eigenvalue weighted by Gasteiger charge is -2.34. The Labute approximate surface area is 158 Å². The van der Waals surface area contributed by atoms with Crippen molar-refractivity contribution in [1.29, 1.82) is 0 Å². The number of nitrogens with zero attached hydrogens (tertiary/aromatic N) is 2. The van der Waals surface area contributed by atoms with Gasteiger partial charge in [0.1, 0.15) is 16.5 Å². The number of sulfonamides is 1. The summed E-state index contributed by atoms with van der Waals surface area (Å²) in [6.45, 7) is 0.343. The van der Waals surface area contributed by atoms with Crippen LogP contribution in [-0.2, 0) is 10.0 Å². The molecule has 0 N–H and O–H groups in total. The fourth-order valence-electron chi connectivity index (χ4n) is 2.76. The lowest BCUT2D eigenvalue weighted by molar-refractivity contribution is 0.0696. The molecule has 9 heteroatoms. The fourth-order valence-corrected chi connectivity index (χ4v) is 4.66. The van der Waals surface area contributed by atoms with Gasteiger partial charge in [-0.05, 0) is 46.3 Å². The Hall–Kier alpha value is -1.84. The topological polar surface area (TPSA) is 57.7 Å². The maximum atomic E-state index is 13.8. The highest BCUT2D eigenvalue weighted by atomic mass is 79.9. The zero-order valence-electron chi connectivity index (χ0n) is 13.5. The summed E-state index contributed by atoms with van der Waals surface area (Å²) < 4.78 is 54.0. The third-order valence-corrected chi connectivity index (χ3v) is 6.76. The monoisotopic (exact) mass is 444 g/mol. The fraction of sp³-hybridized carbons (Fsp3) is 0.235. The summed E-state index contributed by atoms with van der Waals surface area (Å²) in [5.74, 6) is -1.73. The molecule has 26 heavy (non-hydrogen) atoms. The summed E-state index contributed by atoms with van der Waals surface area (Å²) in [5, 5.41) is 0. The van der Waals surface area contributed by atoms with Crippen molar-refractivity contribution in [3.8, 4) is 0 Å². The first-order valence-electron chi connectivity index (χ1n) is 7.80. The van der Waals surface area contributed by atoms with Gasteiger partial charge in [0, 0.05) is 30.7 Å². The maximum absolute atomic E-state index is 13.8. The largest absolute Gasteiger partial charge is 0.336 e. The van der Waals surface area contributed by atoms with Gasteiger partial charge in [0.2, 0.25) is 10.0 Å². The van der Waals surface area contributed by atoms with Crippen LogP contribution in [0.15, 0.2) is 51.8 Å². The van der Waals surface area contributed by atoms with E-state index in [2.05, 4.69) is 15.9 Å². The summed E-state index contributed by atoms with van der Waals surface area (Å²) in [7, 11) is -3.97. The first-order valence-corrected chi connectivity index (χ1v) is 10.0. The predicted octanol–water partition coefficient (Wildman–Crippen LogP) is 2.87. The third kappa shape index (κ3) is 3.65. The van der Waals surface area contributed by atoms with Gasteiger partial charge in [-0.25, -0.2) is 17.2 Å². The van der Waals surface area contributed by atoms with E-state index in [1.165, 1.54) is 35.2 Å². The zero-order chi connectivity index (χ0) is 18.9. The van der Waals surface area contributed by atoms with Crippen LogP contribution in [0.1, 0.15) is 10.4 Å². The highest BCUT2D eigenvalue weighted by Gasteiger charge is 2.32. The average molecular weight is 445 g/mol. The lowest BCUT2D eigenvalue weighted by atomic mass is 10.2. The minimum atomic E-state index is -3.97. The molecule has 0 radical (unpaired) electrons. The highest BCUT2D eigenvalue weighted by Crippen LogP contribution is 2.23. The molecule has 138 valence electrons. The van der Waals surface area contributed by atoms with Gasteiger partial charge in [0.05, 0.1) is 5.56 Å². The van der Waals surface area contributed by atoms with Crippen LogP contribution in [0.3, 0.4) is 0 Å². The molecule has 1 fully saturated rings. The van der Waals surface area contributed by atoms with Crippen molar-refractivity contribution >= 4 is 31.9 Å². The van der Waals surface area contributed by atoms with Crippen LogP contribution in [0.4, 0.5) is 8.78 Å². The summed E-state index contributed by atoms with van der Waals surface area (Å²) in [6, 6.07) is 9.00. The van der Waals surface area contributed by atoms with E-state index in [9.17, 15) is 22.0 Å². The molecule has 0 saturated carbocycles. The molecule has 1 aliphatic rings. The van der Waals surface area contributed by atoms with Crippen molar-refractivity contribution in [2.24, 2.45) is 0 Å². The molecular weight excluding hydrogens is 430 g/mol. The lowest BCUT2D eigenvalue weighted by Crippen LogP contribution is -2.50. The number of amides is 1. The van der Waals surface area contributed by atoms with Gasteiger partial charge >= 0.3 is 0 Å². The molecule has 0 spiro atoms. The molecule has 3 rings (SSSR count). The molecule has 0 bridgehead atoms. The van der Waals surface area contributed by atoms with Crippen LogP contribution in [0.5, 0.6) is 0 Å². The molecule has 1 heterocycles. The highest BCUT2D eigenvalue weighted by molar-refractivity contribution is 9.10. The smallest absolute Gasteiger partial charge is 0.255 e. The van der Waals surface area contributed by atoms with Gasteiger partial charge in [-0.3, -0.25) is 4.79 Å². The van der Waals surface area contributed by atoms with Crippen LogP contribution < -0.4 is 0 Å². The van der Waals surface area contributed by atoms with E-state index in [0.717, 1.165) is 16.4 Å². The quantitative estimate of drug-likeness (QED) is 0.731. The summed E-state index contributed by atoms with van der Waals surface area (Å²) in [4.78, 5) is 13.6.